The quantitative estimate of drug-likeness (QED) is 0.189. The molecule has 2 aromatic carbocycles. The minimum atomic E-state index is -7.39. The van der Waals surface area contributed by atoms with Crippen molar-refractivity contribution in [3.63, 3.8) is 0 Å². The summed E-state index contributed by atoms with van der Waals surface area (Å²) in [5.41, 5.74) is 0. The minimum Gasteiger partial charge on any atom is -0.491 e. The van der Waals surface area contributed by atoms with Gasteiger partial charge in [-0.1, -0.05) is 24.3 Å². The summed E-state index contributed by atoms with van der Waals surface area (Å²) in [5.74, 6) is -12.9. The first-order chi connectivity index (χ1) is 17.0. The van der Waals surface area contributed by atoms with Gasteiger partial charge in [-0.3, -0.25) is 0 Å². The summed E-state index contributed by atoms with van der Waals surface area (Å²) in [6.07, 6.45) is -4.25. The molecule has 0 bridgehead atoms. The maximum atomic E-state index is 13.9. The lowest BCUT2D eigenvalue weighted by molar-refractivity contribution is -0.382. The molecule has 210 valence electrons. The van der Waals surface area contributed by atoms with E-state index < -0.39 is 39.1 Å². The van der Waals surface area contributed by atoms with E-state index in [0.29, 0.717) is 6.07 Å². The molecule has 1 heterocycles. The van der Waals surface area contributed by atoms with E-state index in [9.17, 15) is 47.9 Å². The number of rotatable bonds is 9. The van der Waals surface area contributed by atoms with E-state index in [1.165, 1.54) is 49.7 Å². The molecule has 0 atom stereocenters. The highest BCUT2D eigenvalue weighted by Gasteiger charge is 2.86. The Kier molecular flexibility index (Phi) is 9.90. The number of hydrogen-bond donors (Lipinski definition) is 0. The third-order valence-electron chi connectivity index (χ3n) is 4.85. The lowest BCUT2D eigenvalue weighted by Gasteiger charge is -2.32. The van der Waals surface area contributed by atoms with Crippen molar-refractivity contribution in [2.75, 3.05) is 31.8 Å². The van der Waals surface area contributed by atoms with Crippen LogP contribution in [0.1, 0.15) is 12.8 Å². The number of fused-ring (bicyclic) bond motifs is 1. The molecule has 1 aliphatic rings. The zero-order valence-electron chi connectivity index (χ0n) is 19.0. The smallest absolute Gasteiger partial charge is 0.460 e. The van der Waals surface area contributed by atoms with Gasteiger partial charge in [-0.05, 0) is 36.5 Å². The molecule has 1 fully saturated rings. The topological polar surface area (TPSA) is 61.8 Å². The molecule has 0 amide bonds. The molecule has 0 spiro atoms. The number of thioether (sulfide) groups is 1. The van der Waals surface area contributed by atoms with E-state index in [2.05, 4.69) is 15.9 Å². The Morgan fingerprint density at radius 1 is 0.784 bits per heavy atom. The van der Waals surface area contributed by atoms with Crippen molar-refractivity contribution in [3.05, 3.63) is 36.4 Å². The second-order valence-corrected chi connectivity index (χ2v) is 10.3. The monoisotopic (exact) mass is 588 g/mol. The summed E-state index contributed by atoms with van der Waals surface area (Å²) in [4.78, 5) is 0. The van der Waals surface area contributed by atoms with Crippen LogP contribution < -0.4 is 8.92 Å². The van der Waals surface area contributed by atoms with Crippen LogP contribution in [-0.2, 0) is 14.9 Å². The fourth-order valence-electron chi connectivity index (χ4n) is 2.88. The average Bonchev–Trinajstić information content (AvgIpc) is 3.39. The van der Waals surface area contributed by atoms with Crippen molar-refractivity contribution in [1.82, 2.24) is 0 Å². The van der Waals surface area contributed by atoms with Gasteiger partial charge in [0.2, 0.25) is 0 Å². The molecule has 0 radical (unpaired) electrons. The van der Waals surface area contributed by atoms with Crippen molar-refractivity contribution >= 4 is 32.7 Å². The highest BCUT2D eigenvalue weighted by molar-refractivity contribution is 7.99. The first-order valence-electron chi connectivity index (χ1n) is 10.4. The van der Waals surface area contributed by atoms with Crippen LogP contribution in [0.3, 0.4) is 0 Å². The van der Waals surface area contributed by atoms with Crippen molar-refractivity contribution in [2.24, 2.45) is 0 Å². The van der Waals surface area contributed by atoms with Gasteiger partial charge in [0.15, 0.2) is 5.75 Å². The van der Waals surface area contributed by atoms with Gasteiger partial charge in [0, 0.05) is 17.9 Å². The Bertz CT molecular complexity index is 1140. The van der Waals surface area contributed by atoms with Crippen LogP contribution >= 0.6 is 11.8 Å². The standard InChI is InChI=1S/C17H13F9O5S.C4H8S/c1-29-8-9-30-12-6-7-13(11-5-3-2-4-10(11)12)31-32(27,28)17(25,26)15(20,21)14(18,19)16(22,23)24;1-2-4-5-3-1/h2-7H,8-9H2,1H3;1-4H2. The highest BCUT2D eigenvalue weighted by Crippen LogP contribution is 2.55. The summed E-state index contributed by atoms with van der Waals surface area (Å²) >= 11 is 2.07. The molecule has 16 heteroatoms. The van der Waals surface area contributed by atoms with Crippen LogP contribution in [0.15, 0.2) is 36.4 Å². The van der Waals surface area contributed by atoms with E-state index >= 15 is 0 Å². The lowest BCUT2D eigenvalue weighted by atomic mass is 10.1. The van der Waals surface area contributed by atoms with Crippen molar-refractivity contribution in [1.29, 1.82) is 0 Å². The first kappa shape index (κ1) is 31.1. The van der Waals surface area contributed by atoms with Crippen LogP contribution in [0.25, 0.3) is 10.8 Å². The van der Waals surface area contributed by atoms with Gasteiger partial charge in [0.05, 0.1) is 6.61 Å². The zero-order chi connectivity index (χ0) is 28.1. The van der Waals surface area contributed by atoms with Crippen LogP contribution in [0.5, 0.6) is 11.5 Å². The molecule has 1 aliphatic heterocycles. The lowest BCUT2D eigenvalue weighted by Crippen LogP contribution is -2.63. The van der Waals surface area contributed by atoms with Gasteiger partial charge in [-0.2, -0.15) is 59.7 Å². The van der Waals surface area contributed by atoms with Gasteiger partial charge in [-0.15, -0.1) is 0 Å². The summed E-state index contributed by atoms with van der Waals surface area (Å²) in [5, 5.41) is -7.23. The van der Waals surface area contributed by atoms with E-state index in [-0.39, 0.29) is 29.7 Å². The molecule has 5 nitrogen and oxygen atoms in total. The number of ether oxygens (including phenoxy) is 2. The Morgan fingerprint density at radius 2 is 1.30 bits per heavy atom. The first-order valence-corrected chi connectivity index (χ1v) is 12.9. The van der Waals surface area contributed by atoms with Crippen LogP contribution in [0, 0.1) is 0 Å². The van der Waals surface area contributed by atoms with Crippen LogP contribution in [0.4, 0.5) is 39.5 Å². The van der Waals surface area contributed by atoms with E-state index in [4.69, 9.17) is 9.47 Å². The van der Waals surface area contributed by atoms with Crippen molar-refractivity contribution in [3.8, 4) is 11.5 Å². The fourth-order valence-corrected chi connectivity index (χ4v) is 4.83. The number of benzene rings is 2. The van der Waals surface area contributed by atoms with Gasteiger partial charge < -0.3 is 13.7 Å². The highest BCUT2D eigenvalue weighted by atomic mass is 32.2. The predicted molar refractivity (Wildman–Crippen MR) is 118 cm³/mol. The predicted octanol–water partition coefficient (Wildman–Crippen LogP) is 6.51. The van der Waals surface area contributed by atoms with Gasteiger partial charge in [0.25, 0.3) is 0 Å². The fraction of sp³-hybridized carbons (Fsp3) is 0.524. The van der Waals surface area contributed by atoms with Crippen molar-refractivity contribution in [2.45, 2.75) is 36.1 Å². The van der Waals surface area contributed by atoms with E-state index in [1.54, 1.807) is 0 Å². The number of hydrogen-bond acceptors (Lipinski definition) is 6. The maximum Gasteiger partial charge on any atom is 0.460 e. The Hall–Kier alpha value is -2.07. The Balaban J connectivity index is 0.000000856. The molecule has 0 aromatic heterocycles. The molecule has 2 aromatic rings. The summed E-state index contributed by atoms with van der Waals surface area (Å²) in [6, 6.07) is 6.70. The van der Waals surface area contributed by atoms with Gasteiger partial charge in [0.1, 0.15) is 12.4 Å². The molecule has 0 N–H and O–H groups in total. The van der Waals surface area contributed by atoms with Gasteiger partial charge >= 0.3 is 33.4 Å². The Labute approximate surface area is 210 Å². The molecular formula is C21H21F9O5S2. The van der Waals surface area contributed by atoms with E-state index in [0.717, 1.165) is 12.1 Å². The SMILES string of the molecule is C1CCSC1.COCCOc1ccc(OS(=O)(=O)C(F)(F)C(F)(F)C(F)(F)C(F)(F)F)c2ccccc12. The third-order valence-corrected chi connectivity index (χ3v) is 7.28. The van der Waals surface area contributed by atoms with E-state index in [1.807, 2.05) is 0 Å². The number of alkyl halides is 9. The molecular weight excluding hydrogens is 567 g/mol. The number of methoxy groups -OCH3 is 1. The summed E-state index contributed by atoms with van der Waals surface area (Å²) < 4.78 is 155. The molecule has 0 aliphatic carbocycles. The number of halogens is 9. The zero-order valence-corrected chi connectivity index (χ0v) is 20.6. The molecule has 0 saturated carbocycles. The second-order valence-electron chi connectivity index (χ2n) is 7.47. The normalized spacial score (nSPS) is 15.3. The Morgan fingerprint density at radius 3 is 1.76 bits per heavy atom. The molecule has 3 rings (SSSR count). The van der Waals surface area contributed by atoms with Crippen molar-refractivity contribution < 1.29 is 61.6 Å². The molecule has 0 unspecified atom stereocenters. The average molecular weight is 589 g/mol. The van der Waals surface area contributed by atoms with Gasteiger partial charge in [-0.25, -0.2) is 0 Å². The molecule has 37 heavy (non-hydrogen) atoms. The largest absolute Gasteiger partial charge is 0.491 e. The minimum absolute atomic E-state index is 0.00415. The summed E-state index contributed by atoms with van der Waals surface area (Å²) in [6.45, 7) is 0.117. The maximum absolute atomic E-state index is 13.9. The van der Waals surface area contributed by atoms with Crippen LogP contribution in [-0.4, -0.2) is 63.5 Å². The third kappa shape index (κ3) is 6.50. The van der Waals surface area contributed by atoms with Crippen LogP contribution in [0.2, 0.25) is 0 Å². The molecule has 1 saturated heterocycles. The second kappa shape index (κ2) is 11.8. The summed E-state index contributed by atoms with van der Waals surface area (Å²) in [7, 11) is -5.70.